The van der Waals surface area contributed by atoms with E-state index in [-0.39, 0.29) is 11.9 Å². The quantitative estimate of drug-likeness (QED) is 0.696. The Bertz CT molecular complexity index is 653. The molecule has 0 aliphatic heterocycles. The fourth-order valence-electron chi connectivity index (χ4n) is 2.01. The maximum atomic E-state index is 12.9. The molecule has 0 N–H and O–H groups in total. The highest BCUT2D eigenvalue weighted by molar-refractivity contribution is 9.10. The van der Waals surface area contributed by atoms with Crippen LogP contribution in [0, 0.1) is 0 Å². The highest BCUT2D eigenvalue weighted by Gasteiger charge is 2.31. The molecule has 0 fully saturated rings. The molecule has 0 amide bonds. The fourth-order valence-corrected chi connectivity index (χ4v) is 2.62. The maximum absolute atomic E-state index is 12.9. The second-order valence-corrected chi connectivity index (χ2v) is 5.85. The van der Waals surface area contributed by atoms with Gasteiger partial charge < -0.3 is 4.57 Å². The van der Waals surface area contributed by atoms with Crippen molar-refractivity contribution in [3.05, 3.63) is 34.1 Å². The number of benzene rings is 1. The van der Waals surface area contributed by atoms with Crippen LogP contribution in [-0.4, -0.2) is 14.8 Å². The van der Waals surface area contributed by atoms with Crippen LogP contribution in [0.2, 0.25) is 0 Å². The Labute approximate surface area is 133 Å². The van der Waals surface area contributed by atoms with Crippen LogP contribution in [0.4, 0.5) is 13.2 Å². The predicted octanol–water partition coefficient (Wildman–Crippen LogP) is 5.05. The van der Waals surface area contributed by atoms with Gasteiger partial charge in [0.2, 0.25) is 0 Å². The van der Waals surface area contributed by atoms with Gasteiger partial charge in [-0.1, -0.05) is 15.9 Å². The van der Waals surface area contributed by atoms with E-state index < -0.39 is 11.7 Å². The van der Waals surface area contributed by atoms with Crippen LogP contribution in [0.3, 0.4) is 0 Å². The number of aromatic nitrogens is 3. The summed E-state index contributed by atoms with van der Waals surface area (Å²) in [5.74, 6) is 1.02. The Morgan fingerprint density at radius 2 is 1.95 bits per heavy atom. The first-order chi connectivity index (χ1) is 9.75. The van der Waals surface area contributed by atoms with Crippen LogP contribution in [0.5, 0.6) is 0 Å². The first kappa shape index (κ1) is 16.3. The minimum Gasteiger partial charge on any atom is -0.307 e. The largest absolute Gasteiger partial charge is 0.416 e. The molecule has 0 saturated carbocycles. The molecule has 3 nitrogen and oxygen atoms in total. The zero-order valence-corrected chi connectivity index (χ0v) is 13.6. The average Bonchev–Trinajstić information content (AvgIpc) is 2.81. The van der Waals surface area contributed by atoms with Crippen LogP contribution in [0.25, 0.3) is 11.4 Å². The van der Waals surface area contributed by atoms with Crippen molar-refractivity contribution in [3.63, 3.8) is 0 Å². The van der Waals surface area contributed by atoms with E-state index in [2.05, 4.69) is 26.1 Å². The van der Waals surface area contributed by atoms with E-state index in [9.17, 15) is 13.2 Å². The zero-order valence-electron chi connectivity index (χ0n) is 11.2. The van der Waals surface area contributed by atoms with Gasteiger partial charge in [0.25, 0.3) is 0 Å². The van der Waals surface area contributed by atoms with Gasteiger partial charge in [-0.15, -0.1) is 21.8 Å². The lowest BCUT2D eigenvalue weighted by Gasteiger charge is -2.15. The van der Waals surface area contributed by atoms with E-state index in [1.807, 2.05) is 13.8 Å². The minimum atomic E-state index is -4.41. The summed E-state index contributed by atoms with van der Waals surface area (Å²) in [5, 5.41) is 7.94. The molecule has 1 aromatic heterocycles. The second-order valence-electron chi connectivity index (χ2n) is 4.73. The monoisotopic (exact) mass is 381 g/mol. The summed E-state index contributed by atoms with van der Waals surface area (Å²) >= 11 is 9.07. The lowest BCUT2D eigenvalue weighted by molar-refractivity contribution is -0.137. The second kappa shape index (κ2) is 5.96. The van der Waals surface area contributed by atoms with Gasteiger partial charge in [0.15, 0.2) is 5.82 Å². The van der Waals surface area contributed by atoms with Crippen LogP contribution in [0.15, 0.2) is 22.7 Å². The normalized spacial score (nSPS) is 12.2. The Kier molecular flexibility index (Phi) is 4.63. The molecule has 1 heterocycles. The third-order valence-corrected chi connectivity index (χ3v) is 3.87. The summed E-state index contributed by atoms with van der Waals surface area (Å²) in [5.41, 5.74) is -0.395. The van der Waals surface area contributed by atoms with Crippen molar-refractivity contribution in [2.45, 2.75) is 31.9 Å². The van der Waals surface area contributed by atoms with Gasteiger partial charge in [-0.05, 0) is 32.0 Å². The zero-order chi connectivity index (χ0) is 15.8. The van der Waals surface area contributed by atoms with Crippen LogP contribution in [-0.2, 0) is 12.1 Å². The van der Waals surface area contributed by atoms with Crippen molar-refractivity contribution < 1.29 is 13.2 Å². The van der Waals surface area contributed by atoms with Gasteiger partial charge in [0.1, 0.15) is 5.82 Å². The molecule has 0 saturated heterocycles. The Morgan fingerprint density at radius 1 is 1.29 bits per heavy atom. The van der Waals surface area contributed by atoms with Crippen molar-refractivity contribution in [3.8, 4) is 11.4 Å². The third-order valence-electron chi connectivity index (χ3n) is 2.94. The molecule has 0 atom stereocenters. The van der Waals surface area contributed by atoms with Crippen LogP contribution < -0.4 is 0 Å². The number of nitrogens with zero attached hydrogens (tertiary/aromatic N) is 3. The van der Waals surface area contributed by atoms with Crippen molar-refractivity contribution in [2.75, 3.05) is 0 Å². The molecule has 8 heteroatoms. The van der Waals surface area contributed by atoms with Gasteiger partial charge in [-0.3, -0.25) is 0 Å². The van der Waals surface area contributed by atoms with Crippen molar-refractivity contribution in [1.29, 1.82) is 0 Å². The molecule has 114 valence electrons. The van der Waals surface area contributed by atoms with E-state index in [0.29, 0.717) is 21.7 Å². The number of rotatable bonds is 3. The summed E-state index contributed by atoms with van der Waals surface area (Å²) in [7, 11) is 0. The van der Waals surface area contributed by atoms with Gasteiger partial charge in [0, 0.05) is 16.1 Å². The number of alkyl halides is 4. The number of hydrogen-bond acceptors (Lipinski definition) is 2. The van der Waals surface area contributed by atoms with E-state index in [4.69, 9.17) is 11.6 Å². The smallest absolute Gasteiger partial charge is 0.307 e. The molecule has 0 bridgehead atoms. The predicted molar refractivity (Wildman–Crippen MR) is 78.1 cm³/mol. The summed E-state index contributed by atoms with van der Waals surface area (Å²) < 4.78 is 40.8. The molecule has 0 aliphatic rings. The van der Waals surface area contributed by atoms with Crippen molar-refractivity contribution in [2.24, 2.45) is 0 Å². The van der Waals surface area contributed by atoms with E-state index in [1.165, 1.54) is 6.07 Å². The Morgan fingerprint density at radius 3 is 2.48 bits per heavy atom. The molecule has 2 rings (SSSR count). The summed E-state index contributed by atoms with van der Waals surface area (Å²) in [6.07, 6.45) is -4.41. The molecule has 1 aromatic carbocycles. The lowest BCUT2D eigenvalue weighted by Crippen LogP contribution is -2.09. The molecule has 0 aliphatic carbocycles. The van der Waals surface area contributed by atoms with E-state index >= 15 is 0 Å². The number of hydrogen-bond donors (Lipinski definition) is 0. The lowest BCUT2D eigenvalue weighted by atomic mass is 10.1. The SMILES string of the molecule is CC(C)n1c(CCl)nnc1-c1cc(C(F)(F)F)ccc1Br. The molecule has 2 aromatic rings. The molecular weight excluding hydrogens is 371 g/mol. The van der Waals surface area contributed by atoms with Crippen LogP contribution in [0.1, 0.15) is 31.3 Å². The van der Waals surface area contributed by atoms with E-state index in [1.54, 1.807) is 4.57 Å². The maximum Gasteiger partial charge on any atom is 0.416 e. The van der Waals surface area contributed by atoms with Gasteiger partial charge in [0.05, 0.1) is 11.4 Å². The Hall–Kier alpha value is -1.08. The standard InChI is InChI=1S/C13H12BrClF3N3/c1-7(2)21-11(6-15)19-20-12(21)9-5-8(13(16,17)18)3-4-10(9)14/h3-5,7H,6H2,1-2H3. The van der Waals surface area contributed by atoms with E-state index in [0.717, 1.165) is 12.1 Å². The first-order valence-corrected chi connectivity index (χ1v) is 7.45. The highest BCUT2D eigenvalue weighted by atomic mass is 79.9. The van der Waals surface area contributed by atoms with Gasteiger partial charge in [-0.25, -0.2) is 0 Å². The average molecular weight is 383 g/mol. The van der Waals surface area contributed by atoms with Crippen molar-refractivity contribution in [1.82, 2.24) is 14.8 Å². The number of halogens is 5. The summed E-state index contributed by atoms with van der Waals surface area (Å²) in [4.78, 5) is 0. The first-order valence-electron chi connectivity index (χ1n) is 6.12. The van der Waals surface area contributed by atoms with Gasteiger partial charge >= 0.3 is 6.18 Å². The molecule has 21 heavy (non-hydrogen) atoms. The van der Waals surface area contributed by atoms with Gasteiger partial charge in [-0.2, -0.15) is 13.2 Å². The fraction of sp³-hybridized carbons (Fsp3) is 0.385. The Balaban J connectivity index is 2.64. The molecular formula is C13H12BrClF3N3. The molecule has 0 spiro atoms. The summed E-state index contributed by atoms with van der Waals surface area (Å²) in [6.45, 7) is 3.79. The molecule has 0 radical (unpaired) electrons. The van der Waals surface area contributed by atoms with Crippen LogP contribution >= 0.6 is 27.5 Å². The topological polar surface area (TPSA) is 30.7 Å². The highest BCUT2D eigenvalue weighted by Crippen LogP contribution is 2.36. The van der Waals surface area contributed by atoms with Crippen molar-refractivity contribution >= 4 is 27.5 Å². The minimum absolute atomic E-state index is 0.0230. The summed E-state index contributed by atoms with van der Waals surface area (Å²) in [6, 6.07) is 3.42. The third kappa shape index (κ3) is 3.23. The molecule has 0 unspecified atom stereocenters.